The summed E-state index contributed by atoms with van der Waals surface area (Å²) < 4.78 is 0. The van der Waals surface area contributed by atoms with Gasteiger partial charge in [0.1, 0.15) is 57.5 Å². The molecule has 2 aliphatic carbocycles. The second-order valence-electron chi connectivity index (χ2n) is 35.5. The highest BCUT2D eigenvalue weighted by Crippen LogP contribution is 2.58. The Morgan fingerprint density at radius 3 is 0.714 bits per heavy atom. The van der Waals surface area contributed by atoms with Gasteiger partial charge in [-0.3, -0.25) is 0 Å². The van der Waals surface area contributed by atoms with Crippen LogP contribution in [0.4, 0.5) is 56.9 Å². The SMILES string of the molecule is CC(C)(c1ccc(C(C)(C)c2ccc(O)c(N)c2)cc1)c1ccc(O)c(N)c1.CC(C)(c1ccc(O)c(N)c1)c1ccc(O)c(N)c1.CC(C)(c1cccc(C(C)(C)c2ccc(N)c(O)c2)c1)c1ccc(O)c(N)c1.Nc1cc(C2(c3ccc(O)c(N)c3)CCCCC2)ccc1O.Nc1cc(C2(c3ccc(O)c(N)c3)c3ccccc3-c3ccccc32)ccc1O. The zero-order valence-electron chi connectivity index (χ0n) is 72.8. The van der Waals surface area contributed by atoms with Gasteiger partial charge in [0.2, 0.25) is 0 Å². The number of phenolic OH excluding ortho intramolecular Hbond substituents is 10. The summed E-state index contributed by atoms with van der Waals surface area (Å²) in [6.45, 7) is 21.2. The number of nitrogen functional groups attached to an aromatic ring is 10. The Bertz CT molecular complexity index is 5980. The van der Waals surface area contributed by atoms with E-state index in [1.807, 2.05) is 141 Å². The fourth-order valence-electron chi connectivity index (χ4n) is 17.3. The molecule has 0 bridgehead atoms. The number of fused-ring (bicyclic) bond motifs is 3. The number of rotatable bonds is 14. The van der Waals surface area contributed by atoms with Crippen LogP contribution >= 0.6 is 0 Å². The molecule has 0 aliphatic heterocycles. The molecule has 20 heteroatoms. The van der Waals surface area contributed by atoms with E-state index in [-0.39, 0.29) is 90.0 Å². The molecule has 14 aromatic carbocycles. The van der Waals surface area contributed by atoms with Crippen molar-refractivity contribution >= 4 is 56.9 Å². The van der Waals surface area contributed by atoms with E-state index in [4.69, 9.17) is 57.3 Å². The van der Waals surface area contributed by atoms with E-state index in [0.717, 1.165) is 126 Å². The quantitative estimate of drug-likeness (QED) is 0.0355. The summed E-state index contributed by atoms with van der Waals surface area (Å²) in [5.41, 5.74) is 79.5. The van der Waals surface area contributed by atoms with Crippen molar-refractivity contribution in [3.05, 3.63) is 368 Å². The van der Waals surface area contributed by atoms with Gasteiger partial charge in [0, 0.05) is 32.5 Å². The van der Waals surface area contributed by atoms with Gasteiger partial charge in [-0.25, -0.2) is 0 Å². The molecular weight excluding hydrogens is 1570 g/mol. The van der Waals surface area contributed by atoms with E-state index < -0.39 is 5.41 Å². The van der Waals surface area contributed by atoms with Crippen molar-refractivity contribution in [3.63, 3.8) is 0 Å². The minimum Gasteiger partial charge on any atom is -0.506 e. The van der Waals surface area contributed by atoms with Crippen LogP contribution in [0, 0.1) is 0 Å². The first-order chi connectivity index (χ1) is 59.4. The van der Waals surface area contributed by atoms with Crippen molar-refractivity contribution in [3.8, 4) is 68.6 Å². The highest BCUT2D eigenvalue weighted by Gasteiger charge is 2.47. The number of hydrogen-bond acceptors (Lipinski definition) is 20. The van der Waals surface area contributed by atoms with Gasteiger partial charge >= 0.3 is 0 Å². The molecule has 126 heavy (non-hydrogen) atoms. The third kappa shape index (κ3) is 17.9. The molecule has 30 N–H and O–H groups in total. The number of nitrogens with two attached hydrogens (primary N) is 10. The molecule has 0 atom stereocenters. The molecule has 1 saturated carbocycles. The van der Waals surface area contributed by atoms with Crippen LogP contribution in [0.15, 0.2) is 279 Å². The number of phenols is 10. The normalized spacial score (nSPS) is 13.3. The fraction of sp³-hybridized carbons (Fsp3) is 0.208. The maximum Gasteiger partial charge on any atom is 0.138 e. The first-order valence-electron chi connectivity index (χ1n) is 41.8. The lowest BCUT2D eigenvalue weighted by Gasteiger charge is -2.39. The van der Waals surface area contributed by atoms with Gasteiger partial charge in [0.05, 0.1) is 62.3 Å². The van der Waals surface area contributed by atoms with E-state index in [9.17, 15) is 51.1 Å². The Morgan fingerprint density at radius 1 is 0.198 bits per heavy atom. The van der Waals surface area contributed by atoms with Crippen LogP contribution in [0.5, 0.6) is 57.5 Å². The molecule has 0 spiro atoms. The summed E-state index contributed by atoms with van der Waals surface area (Å²) in [6, 6.07) is 87.0. The zero-order valence-corrected chi connectivity index (χ0v) is 72.8. The van der Waals surface area contributed by atoms with Crippen LogP contribution in [0.2, 0.25) is 0 Å². The molecule has 14 aromatic rings. The van der Waals surface area contributed by atoms with Crippen molar-refractivity contribution in [2.24, 2.45) is 0 Å². The number of anilines is 10. The van der Waals surface area contributed by atoms with E-state index in [1.54, 1.807) is 78.9 Å². The highest BCUT2D eigenvalue weighted by molar-refractivity contribution is 5.87. The summed E-state index contributed by atoms with van der Waals surface area (Å²) in [6.07, 6.45) is 5.54. The van der Waals surface area contributed by atoms with Crippen molar-refractivity contribution in [2.75, 3.05) is 57.3 Å². The minimum atomic E-state index is -0.670. The van der Waals surface area contributed by atoms with Crippen LogP contribution in [-0.4, -0.2) is 51.1 Å². The van der Waals surface area contributed by atoms with Gasteiger partial charge in [-0.05, 0) is 234 Å². The Kier molecular flexibility index (Phi) is 25.4. The monoisotopic (exact) mass is 1690 g/mol. The van der Waals surface area contributed by atoms with Gasteiger partial charge in [-0.1, -0.05) is 246 Å². The Morgan fingerprint density at radius 2 is 0.429 bits per heavy atom. The Hall–Kier alpha value is -14.9. The number of hydrogen-bond donors (Lipinski definition) is 20. The standard InChI is InChI=1S/C25H20N2O2.2C24H28N2O2.C18H22N2O2.C15H18N2O2/c26-21-13-15(9-11-23(21)28)25(16-10-12-24(29)22(27)14-16)19-7-3-1-5-17(19)18-6-2-4-8-20(18)25;1-23(2,17-9-11-21(27)19(25)13-17)15-5-7-16(8-6-15)24(3,4)18-10-12-22(28)20(26)14-18;1-23(2,17-9-11-21(27)20(26)13-17)15-6-5-7-16(12-15)24(3,4)18-8-10-19(25)22(28)14-18;19-14-10-12(4-6-16(14)21)18(8-2-1-3-9-18)13-5-7-17(22)15(20)11-13;1-15(2,9-3-5-13(18)11(16)7-9)10-4-6-14(19)12(17)8-10/h1-14,28-29H,26-27H2;2*5-14,27-28H,25-26H2,1-4H3;4-7,10-11,21-22H,1-3,8-9,19-20H2;3-8,18-19H,16-17H2,1-2H3. The molecule has 0 amide bonds. The fourth-order valence-corrected chi connectivity index (χ4v) is 17.3. The van der Waals surface area contributed by atoms with Crippen LogP contribution in [0.3, 0.4) is 0 Å². The predicted molar refractivity (Wildman–Crippen MR) is 513 cm³/mol. The van der Waals surface area contributed by atoms with Gasteiger partial charge in [0.25, 0.3) is 0 Å². The smallest absolute Gasteiger partial charge is 0.138 e. The largest absolute Gasteiger partial charge is 0.506 e. The first-order valence-corrected chi connectivity index (χ1v) is 41.8. The second-order valence-corrected chi connectivity index (χ2v) is 35.5. The molecule has 0 unspecified atom stereocenters. The lowest BCUT2D eigenvalue weighted by atomic mass is 9.65. The summed E-state index contributed by atoms with van der Waals surface area (Å²) >= 11 is 0. The van der Waals surface area contributed by atoms with E-state index in [2.05, 4.69) is 128 Å². The topological polar surface area (TPSA) is 462 Å². The molecule has 20 nitrogen and oxygen atoms in total. The van der Waals surface area contributed by atoms with E-state index in [0.29, 0.717) is 56.9 Å². The zero-order chi connectivity index (χ0) is 91.5. The van der Waals surface area contributed by atoms with Crippen molar-refractivity contribution in [1.29, 1.82) is 0 Å². The van der Waals surface area contributed by atoms with Gasteiger partial charge < -0.3 is 108 Å². The van der Waals surface area contributed by atoms with Gasteiger partial charge in [0.15, 0.2) is 0 Å². The summed E-state index contributed by atoms with van der Waals surface area (Å²) in [5, 5.41) is 97.6. The van der Waals surface area contributed by atoms with Crippen molar-refractivity contribution < 1.29 is 51.1 Å². The molecule has 0 saturated heterocycles. The van der Waals surface area contributed by atoms with E-state index in [1.165, 1.54) is 6.42 Å². The van der Waals surface area contributed by atoms with Crippen LogP contribution in [0.1, 0.15) is 190 Å². The van der Waals surface area contributed by atoms with Crippen molar-refractivity contribution in [2.45, 2.75) is 139 Å². The Labute approximate surface area is 737 Å². The maximum absolute atomic E-state index is 10.0. The average molecular weight is 1690 g/mol. The molecular formula is C106H116N10O10. The summed E-state index contributed by atoms with van der Waals surface area (Å²) in [7, 11) is 0. The van der Waals surface area contributed by atoms with Crippen LogP contribution in [0.25, 0.3) is 11.1 Å². The number of benzene rings is 14. The van der Waals surface area contributed by atoms with Gasteiger partial charge in [-0.2, -0.15) is 0 Å². The van der Waals surface area contributed by atoms with Gasteiger partial charge in [-0.15, -0.1) is 0 Å². The van der Waals surface area contributed by atoms with Crippen LogP contribution in [-0.2, 0) is 37.9 Å². The summed E-state index contributed by atoms with van der Waals surface area (Å²) in [5.74, 6) is 0.866. The molecule has 0 radical (unpaired) electrons. The average Bonchev–Trinajstić information content (AvgIpc) is 1.53. The molecule has 0 heterocycles. The molecule has 2 aliphatic rings. The Balaban J connectivity index is 0.000000144. The maximum atomic E-state index is 10.0. The molecule has 16 rings (SSSR count). The molecule has 0 aromatic heterocycles. The highest BCUT2D eigenvalue weighted by atomic mass is 16.3. The predicted octanol–water partition coefficient (Wildman–Crippen LogP) is 20.6. The number of aromatic hydroxyl groups is 10. The van der Waals surface area contributed by atoms with Crippen molar-refractivity contribution in [1.82, 2.24) is 0 Å². The molecule has 1 fully saturated rings. The minimum absolute atomic E-state index is 0.0497. The molecule has 650 valence electrons. The lowest BCUT2D eigenvalue weighted by molar-refractivity contribution is 0.345. The third-order valence-electron chi connectivity index (χ3n) is 25.9. The first kappa shape index (κ1) is 90.3. The third-order valence-corrected chi connectivity index (χ3v) is 25.9. The van der Waals surface area contributed by atoms with E-state index >= 15 is 0 Å². The van der Waals surface area contributed by atoms with Crippen LogP contribution < -0.4 is 57.3 Å². The lowest BCUT2D eigenvalue weighted by Crippen LogP contribution is -2.30. The summed E-state index contributed by atoms with van der Waals surface area (Å²) in [4.78, 5) is 0. The second kappa shape index (κ2) is 35.5.